The van der Waals surface area contributed by atoms with Gasteiger partial charge in [-0.25, -0.2) is 4.39 Å². The number of benzene rings is 1. The van der Waals surface area contributed by atoms with Crippen LogP contribution in [0.15, 0.2) is 18.2 Å². The molecule has 1 fully saturated rings. The number of carbonyl (C=O) groups excluding carboxylic acids is 2. The molecule has 1 aromatic carbocycles. The largest absolute Gasteiger partial charge is 0.394 e. The van der Waals surface area contributed by atoms with Gasteiger partial charge in [-0.05, 0) is 36.5 Å². The molecule has 2 amide bonds. The van der Waals surface area contributed by atoms with Crippen molar-refractivity contribution in [3.63, 3.8) is 0 Å². The summed E-state index contributed by atoms with van der Waals surface area (Å²) in [6.45, 7) is 6.37. The number of aliphatic hydroxyl groups excluding tert-OH is 1. The minimum absolute atomic E-state index is 0.0195. The average Bonchev–Trinajstić information content (AvgIpc) is 2.91. The highest BCUT2D eigenvalue weighted by Gasteiger charge is 2.25. The number of rotatable bonds is 5. The lowest BCUT2D eigenvalue weighted by Crippen LogP contribution is -2.40. The molecule has 6 heteroatoms. The van der Waals surface area contributed by atoms with Gasteiger partial charge in [-0.2, -0.15) is 0 Å². The smallest absolute Gasteiger partial charge is 0.254 e. The van der Waals surface area contributed by atoms with Crippen molar-refractivity contribution in [2.75, 3.05) is 18.1 Å². The Labute approximate surface area is 141 Å². The Morgan fingerprint density at radius 3 is 2.67 bits per heavy atom. The quantitative estimate of drug-likeness (QED) is 0.868. The molecule has 1 unspecified atom stereocenters. The molecule has 24 heavy (non-hydrogen) atoms. The first-order chi connectivity index (χ1) is 11.2. The maximum atomic E-state index is 14.1. The minimum atomic E-state index is -0.643. The van der Waals surface area contributed by atoms with E-state index in [9.17, 15) is 19.1 Å². The third-order valence-corrected chi connectivity index (χ3v) is 3.99. The number of amides is 2. The number of nitrogens with zero attached hydrogens (tertiary/aromatic N) is 1. The van der Waals surface area contributed by atoms with Crippen LogP contribution in [0.4, 0.5) is 10.1 Å². The first kappa shape index (κ1) is 18.4. The van der Waals surface area contributed by atoms with Crippen LogP contribution in [-0.4, -0.2) is 36.1 Å². The van der Waals surface area contributed by atoms with Crippen molar-refractivity contribution in [2.45, 2.75) is 46.1 Å². The van der Waals surface area contributed by atoms with Crippen LogP contribution in [0.2, 0.25) is 0 Å². The number of nitrogens with one attached hydrogen (secondary N) is 1. The van der Waals surface area contributed by atoms with Crippen LogP contribution in [0, 0.1) is 11.2 Å². The third-order valence-electron chi connectivity index (χ3n) is 3.99. The van der Waals surface area contributed by atoms with Gasteiger partial charge in [0.1, 0.15) is 5.82 Å². The van der Waals surface area contributed by atoms with Gasteiger partial charge in [0, 0.05) is 18.7 Å². The summed E-state index contributed by atoms with van der Waals surface area (Å²) in [7, 11) is 0. The van der Waals surface area contributed by atoms with E-state index >= 15 is 0 Å². The Kier molecular flexibility index (Phi) is 5.59. The molecule has 0 aromatic heterocycles. The highest BCUT2D eigenvalue weighted by atomic mass is 19.1. The van der Waals surface area contributed by atoms with Gasteiger partial charge in [0.15, 0.2) is 0 Å². The molecule has 1 saturated heterocycles. The van der Waals surface area contributed by atoms with Gasteiger partial charge in [0.2, 0.25) is 5.91 Å². The maximum Gasteiger partial charge on any atom is 0.254 e. The average molecular weight is 336 g/mol. The maximum absolute atomic E-state index is 14.1. The number of hydrogen-bond donors (Lipinski definition) is 2. The number of anilines is 1. The predicted molar refractivity (Wildman–Crippen MR) is 90.4 cm³/mol. The van der Waals surface area contributed by atoms with E-state index in [2.05, 4.69) is 5.32 Å². The highest BCUT2D eigenvalue weighted by Crippen LogP contribution is 2.25. The molecule has 1 heterocycles. The van der Waals surface area contributed by atoms with Gasteiger partial charge in [0.05, 0.1) is 18.2 Å². The zero-order chi connectivity index (χ0) is 17.9. The van der Waals surface area contributed by atoms with Gasteiger partial charge >= 0.3 is 0 Å². The van der Waals surface area contributed by atoms with E-state index in [1.165, 1.54) is 18.2 Å². The summed E-state index contributed by atoms with van der Waals surface area (Å²) in [5.74, 6) is -1.24. The Morgan fingerprint density at radius 1 is 1.42 bits per heavy atom. The molecule has 1 aliphatic rings. The van der Waals surface area contributed by atoms with E-state index in [4.69, 9.17) is 0 Å². The fourth-order valence-electron chi connectivity index (χ4n) is 2.94. The summed E-state index contributed by atoms with van der Waals surface area (Å²) < 4.78 is 14.1. The van der Waals surface area contributed by atoms with Gasteiger partial charge in [0.25, 0.3) is 5.91 Å². The summed E-state index contributed by atoms with van der Waals surface area (Å²) in [6.07, 6.45) is 1.80. The van der Waals surface area contributed by atoms with Crippen molar-refractivity contribution in [1.82, 2.24) is 5.32 Å². The molecule has 0 aliphatic carbocycles. The SMILES string of the molecule is CC(C)(C)CC(CO)NC(=O)c1cc(N2CCCC2=O)ccc1F. The molecule has 5 nitrogen and oxygen atoms in total. The van der Waals surface area contributed by atoms with Gasteiger partial charge in [-0.3, -0.25) is 9.59 Å². The molecule has 0 spiro atoms. The number of aliphatic hydroxyl groups is 1. The lowest BCUT2D eigenvalue weighted by atomic mass is 9.88. The van der Waals surface area contributed by atoms with Crippen molar-refractivity contribution >= 4 is 17.5 Å². The van der Waals surface area contributed by atoms with Gasteiger partial charge in [-0.1, -0.05) is 20.8 Å². The molecule has 1 atom stereocenters. The Balaban J connectivity index is 2.17. The van der Waals surface area contributed by atoms with E-state index in [0.717, 1.165) is 6.42 Å². The van der Waals surface area contributed by atoms with Gasteiger partial charge in [-0.15, -0.1) is 0 Å². The molecule has 2 rings (SSSR count). The van der Waals surface area contributed by atoms with Crippen molar-refractivity contribution in [2.24, 2.45) is 5.41 Å². The van der Waals surface area contributed by atoms with E-state index < -0.39 is 17.8 Å². The third kappa shape index (κ3) is 4.54. The summed E-state index contributed by atoms with van der Waals surface area (Å²) in [5.41, 5.74) is 0.336. The highest BCUT2D eigenvalue weighted by molar-refractivity contribution is 5.99. The fourth-order valence-corrected chi connectivity index (χ4v) is 2.94. The standard InChI is InChI=1S/C18H25FN2O3/c1-18(2,3)10-12(11-22)20-17(24)14-9-13(6-7-15(14)19)21-8-4-5-16(21)23/h6-7,9,12,22H,4-5,8,10-11H2,1-3H3,(H,20,24). The topological polar surface area (TPSA) is 69.6 Å². The number of halogens is 1. The van der Waals surface area contributed by atoms with Crippen molar-refractivity contribution in [1.29, 1.82) is 0 Å². The van der Waals surface area contributed by atoms with Crippen LogP contribution >= 0.6 is 0 Å². The molecular weight excluding hydrogens is 311 g/mol. The molecule has 0 radical (unpaired) electrons. The Morgan fingerprint density at radius 2 is 2.12 bits per heavy atom. The minimum Gasteiger partial charge on any atom is -0.394 e. The number of carbonyl (C=O) groups is 2. The van der Waals surface area contributed by atoms with Crippen LogP contribution in [0.3, 0.4) is 0 Å². The molecule has 0 bridgehead atoms. The van der Waals surface area contributed by atoms with Crippen molar-refractivity contribution in [3.05, 3.63) is 29.6 Å². The summed E-state index contributed by atoms with van der Waals surface area (Å²) in [5, 5.41) is 12.1. The molecule has 1 aromatic rings. The van der Waals surface area contributed by atoms with E-state index in [1.54, 1.807) is 4.90 Å². The molecule has 2 N–H and O–H groups in total. The summed E-state index contributed by atoms with van der Waals surface area (Å²) >= 11 is 0. The first-order valence-corrected chi connectivity index (χ1v) is 8.23. The zero-order valence-electron chi connectivity index (χ0n) is 14.4. The molecule has 0 saturated carbocycles. The van der Waals surface area contributed by atoms with E-state index in [1.807, 2.05) is 20.8 Å². The molecular formula is C18H25FN2O3. The fraction of sp³-hybridized carbons (Fsp3) is 0.556. The second kappa shape index (κ2) is 7.30. The summed E-state index contributed by atoms with van der Waals surface area (Å²) in [6, 6.07) is 3.66. The monoisotopic (exact) mass is 336 g/mol. The second-order valence-electron chi connectivity index (χ2n) is 7.43. The van der Waals surface area contributed by atoms with E-state index in [0.29, 0.717) is 25.1 Å². The predicted octanol–water partition coefficient (Wildman–Crippen LogP) is 2.48. The first-order valence-electron chi connectivity index (χ1n) is 8.23. The lowest BCUT2D eigenvalue weighted by molar-refractivity contribution is -0.117. The number of hydrogen-bond acceptors (Lipinski definition) is 3. The zero-order valence-corrected chi connectivity index (χ0v) is 14.4. The van der Waals surface area contributed by atoms with Crippen LogP contribution in [0.5, 0.6) is 0 Å². The van der Waals surface area contributed by atoms with Crippen LogP contribution in [0.1, 0.15) is 50.4 Å². The van der Waals surface area contributed by atoms with Crippen molar-refractivity contribution in [3.8, 4) is 0 Å². The van der Waals surface area contributed by atoms with Crippen molar-refractivity contribution < 1.29 is 19.1 Å². The molecule has 132 valence electrons. The van der Waals surface area contributed by atoms with Crippen LogP contribution in [-0.2, 0) is 4.79 Å². The second-order valence-corrected chi connectivity index (χ2v) is 7.43. The van der Waals surface area contributed by atoms with Crippen LogP contribution in [0.25, 0.3) is 0 Å². The van der Waals surface area contributed by atoms with E-state index in [-0.39, 0.29) is 23.5 Å². The van der Waals surface area contributed by atoms with Gasteiger partial charge < -0.3 is 15.3 Å². The Hall–Kier alpha value is -1.95. The Bertz CT molecular complexity index is 625. The normalized spacial score (nSPS) is 16.4. The molecule has 1 aliphatic heterocycles. The van der Waals surface area contributed by atoms with Crippen LogP contribution < -0.4 is 10.2 Å². The lowest BCUT2D eigenvalue weighted by Gasteiger charge is -2.25. The summed E-state index contributed by atoms with van der Waals surface area (Å²) in [4.78, 5) is 25.8.